The van der Waals surface area contributed by atoms with Crippen molar-refractivity contribution in [2.45, 2.75) is 10.1 Å². The van der Waals surface area contributed by atoms with Gasteiger partial charge >= 0.3 is 0 Å². The number of pyridine rings is 1. The molecule has 0 unspecified atom stereocenters. The number of para-hydroxylation sites is 2. The van der Waals surface area contributed by atoms with Crippen LogP contribution in [0.25, 0.3) is 21.7 Å². The Kier molecular flexibility index (Phi) is 4.64. The Hall–Kier alpha value is -2.96. The van der Waals surface area contributed by atoms with E-state index in [1.165, 1.54) is 16.2 Å². The summed E-state index contributed by atoms with van der Waals surface area (Å²) in [6, 6.07) is 26.8. The van der Waals surface area contributed by atoms with E-state index in [4.69, 9.17) is 4.98 Å². The Bertz CT molecular complexity index is 1250. The molecule has 0 radical (unpaired) electrons. The van der Waals surface area contributed by atoms with Crippen LogP contribution in [0.3, 0.4) is 0 Å². The summed E-state index contributed by atoms with van der Waals surface area (Å²) in [5, 5.41) is 16.3. The Morgan fingerprint density at radius 1 is 0.750 bits per heavy atom. The second-order valence-electron chi connectivity index (χ2n) is 6.27. The second-order valence-corrected chi connectivity index (χ2v) is 8.47. The van der Waals surface area contributed by atoms with E-state index in [-0.39, 0.29) is 0 Å². The first kappa shape index (κ1) is 17.2. The van der Waals surface area contributed by atoms with Crippen molar-refractivity contribution in [1.82, 2.24) is 15.2 Å². The van der Waals surface area contributed by atoms with Gasteiger partial charge in [0.1, 0.15) is 0 Å². The molecule has 5 aromatic rings. The summed E-state index contributed by atoms with van der Waals surface area (Å²) >= 11 is 3.23. The number of aromatic nitrogens is 3. The summed E-state index contributed by atoms with van der Waals surface area (Å²) in [4.78, 5) is 4.91. The van der Waals surface area contributed by atoms with Crippen molar-refractivity contribution < 1.29 is 0 Å². The van der Waals surface area contributed by atoms with Crippen molar-refractivity contribution >= 4 is 55.6 Å². The maximum atomic E-state index is 4.91. The minimum atomic E-state index is 0.755. The number of thioether (sulfide) groups is 1. The minimum Gasteiger partial charge on any atom is -0.330 e. The van der Waals surface area contributed by atoms with Gasteiger partial charge in [-0.1, -0.05) is 83.8 Å². The van der Waals surface area contributed by atoms with Gasteiger partial charge in [0.15, 0.2) is 4.34 Å². The van der Waals surface area contributed by atoms with Crippen LogP contribution in [0, 0.1) is 0 Å². The molecule has 3 aromatic carbocycles. The summed E-state index contributed by atoms with van der Waals surface area (Å²) in [5.41, 5.74) is 3.12. The molecule has 2 aromatic heterocycles. The topological polar surface area (TPSA) is 50.7 Å². The van der Waals surface area contributed by atoms with E-state index >= 15 is 0 Å². The molecule has 0 fully saturated rings. The molecule has 28 heavy (non-hydrogen) atoms. The van der Waals surface area contributed by atoms with Gasteiger partial charge in [0.05, 0.1) is 11.2 Å². The number of anilines is 2. The van der Waals surface area contributed by atoms with Gasteiger partial charge < -0.3 is 5.32 Å². The zero-order valence-corrected chi connectivity index (χ0v) is 16.5. The third-order valence-corrected chi connectivity index (χ3v) is 6.43. The number of nitrogens with zero attached hydrogens (tertiary/aromatic N) is 3. The van der Waals surface area contributed by atoms with Crippen LogP contribution in [0.2, 0.25) is 0 Å². The summed E-state index contributed by atoms with van der Waals surface area (Å²) in [7, 11) is 0. The number of hydrogen-bond acceptors (Lipinski definition) is 6. The van der Waals surface area contributed by atoms with Crippen LogP contribution in [-0.2, 0) is 5.75 Å². The minimum absolute atomic E-state index is 0.755. The van der Waals surface area contributed by atoms with Crippen LogP contribution in [-0.4, -0.2) is 15.2 Å². The van der Waals surface area contributed by atoms with Gasteiger partial charge in [0, 0.05) is 22.2 Å². The zero-order chi connectivity index (χ0) is 18.8. The Balaban J connectivity index is 1.40. The van der Waals surface area contributed by atoms with Crippen molar-refractivity contribution in [3.63, 3.8) is 0 Å². The smallest absolute Gasteiger partial charge is 0.210 e. The molecule has 0 atom stereocenters. The van der Waals surface area contributed by atoms with Crippen LogP contribution in [0.1, 0.15) is 5.69 Å². The van der Waals surface area contributed by atoms with Gasteiger partial charge in [-0.05, 0) is 23.6 Å². The van der Waals surface area contributed by atoms with Crippen LogP contribution < -0.4 is 5.32 Å². The average Bonchev–Trinajstić information content (AvgIpc) is 3.20. The maximum Gasteiger partial charge on any atom is 0.210 e. The molecule has 0 saturated carbocycles. The molecule has 4 nitrogen and oxygen atoms in total. The number of fused-ring (bicyclic) bond motifs is 3. The van der Waals surface area contributed by atoms with E-state index in [0.717, 1.165) is 32.1 Å². The lowest BCUT2D eigenvalue weighted by atomic mass is 10.0. The Morgan fingerprint density at radius 2 is 1.46 bits per heavy atom. The molecule has 0 aliphatic heterocycles. The van der Waals surface area contributed by atoms with E-state index in [0.29, 0.717) is 0 Å². The van der Waals surface area contributed by atoms with E-state index in [2.05, 4.69) is 58.0 Å². The molecule has 1 N–H and O–H groups in total. The molecule has 5 rings (SSSR count). The fourth-order valence-corrected chi connectivity index (χ4v) is 4.90. The standard InChI is InChI=1S/C22H16N4S2/c1-2-8-15(9-3-1)23-21-25-26-22(28-21)27-14-20-18-12-5-4-10-16(18)17-11-6-7-13-19(17)24-20/h1-13H,14H2,(H,23,25). The van der Waals surface area contributed by atoms with Gasteiger partial charge in [0.25, 0.3) is 0 Å². The molecule has 136 valence electrons. The largest absolute Gasteiger partial charge is 0.330 e. The fraction of sp³-hybridized carbons (Fsp3) is 0.0455. The van der Waals surface area contributed by atoms with Crippen LogP contribution in [0.4, 0.5) is 10.8 Å². The third kappa shape index (κ3) is 3.44. The Labute approximate surface area is 170 Å². The summed E-state index contributed by atoms with van der Waals surface area (Å²) in [6.45, 7) is 0. The molecule has 0 aliphatic carbocycles. The SMILES string of the molecule is c1ccc(Nc2nnc(SCc3nc4ccccc4c4ccccc34)s2)cc1. The zero-order valence-electron chi connectivity index (χ0n) is 14.9. The number of nitrogens with one attached hydrogen (secondary N) is 1. The number of benzene rings is 3. The summed E-state index contributed by atoms with van der Waals surface area (Å²) in [6.07, 6.45) is 0. The molecule has 0 amide bonds. The lowest BCUT2D eigenvalue weighted by Crippen LogP contribution is -1.92. The van der Waals surface area contributed by atoms with Gasteiger partial charge in [-0.25, -0.2) is 0 Å². The fourth-order valence-electron chi connectivity index (χ4n) is 3.18. The molecule has 0 bridgehead atoms. The lowest BCUT2D eigenvalue weighted by molar-refractivity contribution is 1.01. The summed E-state index contributed by atoms with van der Waals surface area (Å²) < 4.78 is 0.928. The highest BCUT2D eigenvalue weighted by atomic mass is 32.2. The highest BCUT2D eigenvalue weighted by molar-refractivity contribution is 8.00. The highest BCUT2D eigenvalue weighted by Crippen LogP contribution is 2.33. The monoisotopic (exact) mass is 400 g/mol. The van der Waals surface area contributed by atoms with Crippen molar-refractivity contribution in [3.8, 4) is 0 Å². The predicted molar refractivity (Wildman–Crippen MR) is 118 cm³/mol. The summed E-state index contributed by atoms with van der Waals surface area (Å²) in [5.74, 6) is 0.755. The highest BCUT2D eigenvalue weighted by Gasteiger charge is 2.10. The normalized spacial score (nSPS) is 11.1. The molecule has 2 heterocycles. The van der Waals surface area contributed by atoms with Crippen molar-refractivity contribution in [1.29, 1.82) is 0 Å². The number of hydrogen-bond donors (Lipinski definition) is 1. The van der Waals surface area contributed by atoms with Crippen molar-refractivity contribution in [2.75, 3.05) is 5.32 Å². The van der Waals surface area contributed by atoms with E-state index in [1.807, 2.05) is 36.4 Å². The van der Waals surface area contributed by atoms with Gasteiger partial charge in [-0.15, -0.1) is 10.2 Å². The average molecular weight is 401 g/mol. The van der Waals surface area contributed by atoms with Gasteiger partial charge in [-0.3, -0.25) is 4.98 Å². The van der Waals surface area contributed by atoms with E-state index in [9.17, 15) is 0 Å². The Morgan fingerprint density at radius 3 is 2.32 bits per heavy atom. The first-order chi connectivity index (χ1) is 13.9. The predicted octanol–water partition coefficient (Wildman–Crippen LogP) is 6.28. The lowest BCUT2D eigenvalue weighted by Gasteiger charge is -2.08. The van der Waals surface area contributed by atoms with E-state index < -0.39 is 0 Å². The first-order valence-electron chi connectivity index (χ1n) is 8.91. The van der Waals surface area contributed by atoms with Gasteiger partial charge in [-0.2, -0.15) is 0 Å². The maximum absolute atomic E-state index is 4.91. The first-order valence-corrected chi connectivity index (χ1v) is 10.7. The van der Waals surface area contributed by atoms with Gasteiger partial charge in [0.2, 0.25) is 5.13 Å². The van der Waals surface area contributed by atoms with Crippen LogP contribution in [0.5, 0.6) is 0 Å². The second kappa shape index (κ2) is 7.58. The quantitative estimate of drug-likeness (QED) is 0.278. The van der Waals surface area contributed by atoms with Crippen molar-refractivity contribution in [3.05, 3.63) is 84.6 Å². The molecular weight excluding hydrogens is 384 g/mol. The molecule has 0 aliphatic rings. The molecule has 0 saturated heterocycles. The molecular formula is C22H16N4S2. The van der Waals surface area contributed by atoms with Crippen molar-refractivity contribution in [2.24, 2.45) is 0 Å². The van der Waals surface area contributed by atoms with Crippen LogP contribution in [0.15, 0.2) is 83.2 Å². The molecule has 0 spiro atoms. The van der Waals surface area contributed by atoms with E-state index in [1.54, 1.807) is 23.1 Å². The van der Waals surface area contributed by atoms with Crippen LogP contribution >= 0.6 is 23.1 Å². The molecule has 6 heteroatoms. The number of rotatable bonds is 5. The third-order valence-electron chi connectivity index (χ3n) is 4.45.